The number of halogens is 2. The average Bonchev–Trinajstić information content (AvgIpc) is 3.29. The number of pyridine rings is 1. The molecule has 1 unspecified atom stereocenters. The van der Waals surface area contributed by atoms with Gasteiger partial charge in [-0.05, 0) is 49.6 Å². The van der Waals surface area contributed by atoms with E-state index in [-0.39, 0.29) is 29.8 Å². The van der Waals surface area contributed by atoms with Crippen molar-refractivity contribution in [2.75, 3.05) is 13.2 Å². The maximum atomic E-state index is 13.5. The van der Waals surface area contributed by atoms with Crippen LogP contribution in [0.15, 0.2) is 48.7 Å². The highest BCUT2D eigenvalue weighted by atomic mass is 35.5. The van der Waals surface area contributed by atoms with Crippen LogP contribution in [0.4, 0.5) is 4.39 Å². The van der Waals surface area contributed by atoms with Crippen molar-refractivity contribution in [1.29, 1.82) is 0 Å². The predicted octanol–water partition coefficient (Wildman–Crippen LogP) is 3.51. The molecule has 1 saturated carbocycles. The molecule has 35 heavy (non-hydrogen) atoms. The highest BCUT2D eigenvalue weighted by Gasteiger charge is 2.36. The van der Waals surface area contributed by atoms with E-state index in [0.29, 0.717) is 12.1 Å². The van der Waals surface area contributed by atoms with Gasteiger partial charge in [0.2, 0.25) is 0 Å². The molecule has 186 valence electrons. The standard InChI is InChI=1S/C25H28ClFN4O4/c26-20-8-7-19(13-21(20)27)35-16-23(33)28-15-18(32)14-25(9-3-1-4-10-25)29-24(34)22-12-17-6-2-5-11-31(17)30-22/h2,5-8,11-13,18,32H,1,3-4,9-10,14-16H2,(H,28,33)(H,29,34). The van der Waals surface area contributed by atoms with Crippen LogP contribution in [-0.4, -0.2) is 51.3 Å². The number of hydrogen-bond acceptors (Lipinski definition) is 5. The molecule has 0 saturated heterocycles. The highest BCUT2D eigenvalue weighted by Crippen LogP contribution is 2.32. The summed E-state index contributed by atoms with van der Waals surface area (Å²) in [4.78, 5) is 25.2. The zero-order chi connectivity index (χ0) is 24.8. The van der Waals surface area contributed by atoms with Crippen LogP contribution in [0.25, 0.3) is 5.52 Å². The molecule has 4 rings (SSSR count). The fraction of sp³-hybridized carbons (Fsp3) is 0.400. The fourth-order valence-corrected chi connectivity index (χ4v) is 4.60. The molecule has 1 atom stereocenters. The molecule has 0 bridgehead atoms. The van der Waals surface area contributed by atoms with Gasteiger partial charge in [-0.15, -0.1) is 0 Å². The van der Waals surface area contributed by atoms with Crippen molar-refractivity contribution in [3.8, 4) is 5.75 Å². The minimum Gasteiger partial charge on any atom is -0.484 e. The minimum absolute atomic E-state index is 0.00313. The molecule has 2 aromatic heterocycles. The quantitative estimate of drug-likeness (QED) is 0.415. The molecule has 0 radical (unpaired) electrons. The molecule has 0 aliphatic heterocycles. The summed E-state index contributed by atoms with van der Waals surface area (Å²) >= 11 is 5.64. The van der Waals surface area contributed by atoms with E-state index in [1.165, 1.54) is 12.1 Å². The molecule has 1 fully saturated rings. The Morgan fingerprint density at radius 1 is 1.20 bits per heavy atom. The van der Waals surface area contributed by atoms with E-state index in [9.17, 15) is 19.1 Å². The molecule has 0 spiro atoms. The Bertz CT molecular complexity index is 1160. The third-order valence-electron chi connectivity index (χ3n) is 6.21. The normalized spacial score (nSPS) is 16.0. The van der Waals surface area contributed by atoms with Crippen LogP contribution in [0.3, 0.4) is 0 Å². The molecule has 10 heteroatoms. The maximum absolute atomic E-state index is 13.5. The van der Waals surface area contributed by atoms with Crippen molar-refractivity contribution in [3.05, 3.63) is 65.2 Å². The number of amides is 2. The lowest BCUT2D eigenvalue weighted by Gasteiger charge is -2.39. The molecule has 3 aromatic rings. The number of benzene rings is 1. The van der Waals surface area contributed by atoms with Gasteiger partial charge in [0, 0.05) is 24.3 Å². The van der Waals surface area contributed by atoms with Gasteiger partial charge in [0.25, 0.3) is 11.8 Å². The second kappa shape index (κ2) is 11.0. The van der Waals surface area contributed by atoms with Gasteiger partial charge in [0.05, 0.1) is 16.6 Å². The zero-order valence-electron chi connectivity index (χ0n) is 19.2. The van der Waals surface area contributed by atoms with E-state index < -0.39 is 23.4 Å². The van der Waals surface area contributed by atoms with Crippen LogP contribution in [0, 0.1) is 5.82 Å². The Kier molecular flexibility index (Phi) is 7.87. The summed E-state index contributed by atoms with van der Waals surface area (Å²) in [7, 11) is 0. The number of ether oxygens (including phenoxy) is 1. The van der Waals surface area contributed by atoms with Gasteiger partial charge in [0.15, 0.2) is 12.3 Å². The Hall–Kier alpha value is -3.17. The second-order valence-electron chi connectivity index (χ2n) is 8.92. The summed E-state index contributed by atoms with van der Waals surface area (Å²) in [5.41, 5.74) is 0.563. The third kappa shape index (κ3) is 6.49. The van der Waals surface area contributed by atoms with Gasteiger partial charge in [-0.25, -0.2) is 8.91 Å². The van der Waals surface area contributed by atoms with Crippen molar-refractivity contribution in [1.82, 2.24) is 20.2 Å². The third-order valence-corrected chi connectivity index (χ3v) is 6.52. The molecule has 1 aliphatic rings. The van der Waals surface area contributed by atoms with Gasteiger partial charge >= 0.3 is 0 Å². The second-order valence-corrected chi connectivity index (χ2v) is 9.33. The molecular formula is C25H28ClFN4O4. The predicted molar refractivity (Wildman–Crippen MR) is 129 cm³/mol. The molecule has 1 aliphatic carbocycles. The van der Waals surface area contributed by atoms with Crippen LogP contribution in [0.2, 0.25) is 5.02 Å². The molecular weight excluding hydrogens is 475 g/mol. The number of hydrogen-bond donors (Lipinski definition) is 3. The van der Waals surface area contributed by atoms with E-state index >= 15 is 0 Å². The number of nitrogens with zero attached hydrogens (tertiary/aromatic N) is 2. The SMILES string of the molecule is O=C(COc1ccc(Cl)c(F)c1)NCC(O)CC1(NC(=O)c2cc3ccccn3n2)CCCCC1. The molecule has 1 aromatic carbocycles. The van der Waals surface area contributed by atoms with Gasteiger partial charge < -0.3 is 20.5 Å². The van der Waals surface area contributed by atoms with Gasteiger partial charge in [0.1, 0.15) is 11.6 Å². The van der Waals surface area contributed by atoms with Crippen molar-refractivity contribution < 1.29 is 23.8 Å². The first-order chi connectivity index (χ1) is 16.8. The topological polar surface area (TPSA) is 105 Å². The summed E-state index contributed by atoms with van der Waals surface area (Å²) in [5, 5.41) is 20.7. The molecule has 2 heterocycles. The van der Waals surface area contributed by atoms with Crippen molar-refractivity contribution in [2.45, 2.75) is 50.2 Å². The lowest BCUT2D eigenvalue weighted by Crippen LogP contribution is -2.53. The average molecular weight is 503 g/mol. The molecule has 8 nitrogen and oxygen atoms in total. The van der Waals surface area contributed by atoms with E-state index in [0.717, 1.165) is 43.7 Å². The number of aromatic nitrogens is 2. The maximum Gasteiger partial charge on any atom is 0.272 e. The fourth-order valence-electron chi connectivity index (χ4n) is 4.48. The van der Waals surface area contributed by atoms with E-state index in [1.807, 2.05) is 18.2 Å². The number of fused-ring (bicyclic) bond motifs is 1. The first-order valence-corrected chi connectivity index (χ1v) is 12.0. The summed E-state index contributed by atoms with van der Waals surface area (Å²) in [6.45, 7) is -0.327. The summed E-state index contributed by atoms with van der Waals surface area (Å²) in [6, 6.07) is 11.2. The summed E-state index contributed by atoms with van der Waals surface area (Å²) in [5.74, 6) is -1.19. The van der Waals surface area contributed by atoms with Crippen molar-refractivity contribution in [2.24, 2.45) is 0 Å². The Morgan fingerprint density at radius 2 is 2.00 bits per heavy atom. The monoisotopic (exact) mass is 502 g/mol. The minimum atomic E-state index is -0.869. The number of aliphatic hydroxyl groups excluding tert-OH is 1. The lowest BCUT2D eigenvalue weighted by atomic mass is 9.77. The van der Waals surface area contributed by atoms with Crippen LogP contribution < -0.4 is 15.4 Å². The largest absolute Gasteiger partial charge is 0.484 e. The first kappa shape index (κ1) is 24.9. The smallest absolute Gasteiger partial charge is 0.272 e. The zero-order valence-corrected chi connectivity index (χ0v) is 19.9. The van der Waals surface area contributed by atoms with Crippen LogP contribution >= 0.6 is 11.6 Å². The number of rotatable bonds is 9. The number of aliphatic hydroxyl groups is 1. The van der Waals surface area contributed by atoms with Gasteiger partial charge in [-0.1, -0.05) is 36.9 Å². The van der Waals surface area contributed by atoms with Crippen molar-refractivity contribution >= 4 is 28.9 Å². The summed E-state index contributed by atoms with van der Waals surface area (Å²) in [6.07, 6.45) is 5.64. The van der Waals surface area contributed by atoms with Gasteiger partial charge in [-0.3, -0.25) is 9.59 Å². The number of carbonyl (C=O) groups is 2. The number of nitrogens with one attached hydrogen (secondary N) is 2. The lowest BCUT2D eigenvalue weighted by molar-refractivity contribution is -0.123. The van der Waals surface area contributed by atoms with E-state index in [2.05, 4.69) is 15.7 Å². The Morgan fingerprint density at radius 3 is 2.74 bits per heavy atom. The first-order valence-electron chi connectivity index (χ1n) is 11.6. The van der Waals surface area contributed by atoms with E-state index in [1.54, 1.807) is 16.8 Å². The molecule has 3 N–H and O–H groups in total. The van der Waals surface area contributed by atoms with Crippen LogP contribution in [-0.2, 0) is 4.79 Å². The summed E-state index contributed by atoms with van der Waals surface area (Å²) < 4.78 is 20.4. The van der Waals surface area contributed by atoms with Gasteiger partial charge in [-0.2, -0.15) is 5.10 Å². The molecule has 2 amide bonds. The Balaban J connectivity index is 1.31. The van der Waals surface area contributed by atoms with Crippen molar-refractivity contribution in [3.63, 3.8) is 0 Å². The van der Waals surface area contributed by atoms with E-state index in [4.69, 9.17) is 16.3 Å². The Labute approximate surface area is 207 Å². The number of carbonyl (C=O) groups excluding carboxylic acids is 2. The van der Waals surface area contributed by atoms with Crippen LogP contribution in [0.1, 0.15) is 49.0 Å². The highest BCUT2D eigenvalue weighted by molar-refractivity contribution is 6.30. The van der Waals surface area contributed by atoms with Crippen LogP contribution in [0.5, 0.6) is 5.75 Å².